The van der Waals surface area contributed by atoms with Crippen molar-refractivity contribution < 1.29 is 14.3 Å². The molecule has 2 rings (SSSR count). The summed E-state index contributed by atoms with van der Waals surface area (Å²) in [6, 6.07) is 6.77. The zero-order valence-corrected chi connectivity index (χ0v) is 12.7. The van der Waals surface area contributed by atoms with Crippen LogP contribution < -0.4 is 10.6 Å². The van der Waals surface area contributed by atoms with E-state index in [1.54, 1.807) is 24.3 Å². The Morgan fingerprint density at radius 1 is 1.24 bits per heavy atom. The molecule has 21 heavy (non-hydrogen) atoms. The molecule has 1 aromatic carbocycles. The minimum atomic E-state index is -0.350. The quantitative estimate of drug-likeness (QED) is 0.833. The first kappa shape index (κ1) is 15.5. The molecular weight excluding hydrogens is 268 g/mol. The van der Waals surface area contributed by atoms with Crippen LogP contribution in [0.3, 0.4) is 0 Å². The highest BCUT2D eigenvalue weighted by Gasteiger charge is 2.29. The summed E-state index contributed by atoms with van der Waals surface area (Å²) in [7, 11) is 0. The van der Waals surface area contributed by atoms with Crippen LogP contribution >= 0.6 is 0 Å². The van der Waals surface area contributed by atoms with Gasteiger partial charge < -0.3 is 15.4 Å². The highest BCUT2D eigenvalue weighted by molar-refractivity contribution is 5.94. The predicted octanol–water partition coefficient (Wildman–Crippen LogP) is 2.05. The van der Waals surface area contributed by atoms with Gasteiger partial charge in [0.25, 0.3) is 0 Å². The average Bonchev–Trinajstić information content (AvgIpc) is 2.85. The Labute approximate surface area is 125 Å². The van der Waals surface area contributed by atoms with E-state index in [0.717, 1.165) is 6.54 Å². The molecule has 0 aliphatic carbocycles. The van der Waals surface area contributed by atoms with E-state index in [-0.39, 0.29) is 23.9 Å². The van der Waals surface area contributed by atoms with Crippen LogP contribution in [0.4, 0.5) is 5.69 Å². The molecule has 1 saturated heterocycles. The minimum absolute atomic E-state index is 0.00409. The Morgan fingerprint density at radius 3 is 2.43 bits per heavy atom. The fraction of sp³-hybridized carbons (Fsp3) is 0.500. The van der Waals surface area contributed by atoms with E-state index >= 15 is 0 Å². The Kier molecular flexibility index (Phi) is 4.96. The standard InChI is InChI=1S/C16H22N2O3/c1-10(2)21-16(20)12-4-6-13(7-5-12)18-15(19)14-9-17-8-11(14)3/h4-7,10-11,14,17H,8-9H2,1-3H3,(H,18,19). The van der Waals surface area contributed by atoms with Gasteiger partial charge >= 0.3 is 5.97 Å². The summed E-state index contributed by atoms with van der Waals surface area (Å²) in [6.07, 6.45) is -0.145. The third-order valence-corrected chi connectivity index (χ3v) is 3.59. The molecule has 2 N–H and O–H groups in total. The summed E-state index contributed by atoms with van der Waals surface area (Å²) in [5.74, 6) is 0.00220. The smallest absolute Gasteiger partial charge is 0.338 e. The number of benzene rings is 1. The van der Waals surface area contributed by atoms with Crippen molar-refractivity contribution >= 4 is 17.6 Å². The Balaban J connectivity index is 1.96. The van der Waals surface area contributed by atoms with Crippen LogP contribution in [-0.4, -0.2) is 31.1 Å². The van der Waals surface area contributed by atoms with Crippen molar-refractivity contribution in [1.29, 1.82) is 0 Å². The first-order chi connectivity index (χ1) is 9.97. The van der Waals surface area contributed by atoms with E-state index in [0.29, 0.717) is 23.7 Å². The van der Waals surface area contributed by atoms with Crippen LogP contribution in [-0.2, 0) is 9.53 Å². The highest BCUT2D eigenvalue weighted by Crippen LogP contribution is 2.19. The largest absolute Gasteiger partial charge is 0.459 e. The van der Waals surface area contributed by atoms with Gasteiger partial charge in [0.2, 0.25) is 5.91 Å². The first-order valence-electron chi connectivity index (χ1n) is 7.30. The fourth-order valence-electron chi connectivity index (χ4n) is 2.37. The van der Waals surface area contributed by atoms with Gasteiger partial charge in [-0.1, -0.05) is 6.92 Å². The summed E-state index contributed by atoms with van der Waals surface area (Å²) < 4.78 is 5.12. The molecule has 1 aliphatic heterocycles. The molecule has 0 spiro atoms. The third-order valence-electron chi connectivity index (χ3n) is 3.59. The van der Waals surface area contributed by atoms with Crippen LogP contribution in [0.5, 0.6) is 0 Å². The first-order valence-corrected chi connectivity index (χ1v) is 7.30. The molecular formula is C16H22N2O3. The van der Waals surface area contributed by atoms with Crippen molar-refractivity contribution in [2.75, 3.05) is 18.4 Å². The second-order valence-corrected chi connectivity index (χ2v) is 5.76. The van der Waals surface area contributed by atoms with Gasteiger partial charge in [-0.05, 0) is 50.6 Å². The number of amides is 1. The van der Waals surface area contributed by atoms with Crippen molar-refractivity contribution in [3.8, 4) is 0 Å². The number of esters is 1. The Hall–Kier alpha value is -1.88. The normalized spacial score (nSPS) is 21.3. The van der Waals surface area contributed by atoms with E-state index in [2.05, 4.69) is 17.6 Å². The molecule has 1 heterocycles. The second-order valence-electron chi connectivity index (χ2n) is 5.76. The van der Waals surface area contributed by atoms with Crippen molar-refractivity contribution in [2.24, 2.45) is 11.8 Å². The van der Waals surface area contributed by atoms with Crippen LogP contribution in [0.2, 0.25) is 0 Å². The molecule has 1 aliphatic rings. The molecule has 5 nitrogen and oxygen atoms in total. The zero-order valence-electron chi connectivity index (χ0n) is 12.7. The molecule has 1 amide bonds. The maximum Gasteiger partial charge on any atom is 0.338 e. The second kappa shape index (κ2) is 6.72. The van der Waals surface area contributed by atoms with Crippen LogP contribution in [0.1, 0.15) is 31.1 Å². The zero-order chi connectivity index (χ0) is 15.4. The SMILES string of the molecule is CC(C)OC(=O)c1ccc(NC(=O)C2CNCC2C)cc1. The molecule has 2 unspecified atom stereocenters. The van der Waals surface area contributed by atoms with E-state index in [1.165, 1.54) is 0 Å². The molecule has 0 bridgehead atoms. The van der Waals surface area contributed by atoms with Crippen LogP contribution in [0, 0.1) is 11.8 Å². The number of carbonyl (C=O) groups is 2. The minimum Gasteiger partial charge on any atom is -0.459 e. The number of hydrogen-bond acceptors (Lipinski definition) is 4. The molecule has 0 saturated carbocycles. The van der Waals surface area contributed by atoms with E-state index in [4.69, 9.17) is 4.74 Å². The fourth-order valence-corrected chi connectivity index (χ4v) is 2.37. The number of carbonyl (C=O) groups excluding carboxylic acids is 2. The van der Waals surface area contributed by atoms with Crippen molar-refractivity contribution in [3.05, 3.63) is 29.8 Å². The summed E-state index contributed by atoms with van der Waals surface area (Å²) in [5, 5.41) is 6.10. The Bertz CT molecular complexity index is 511. The van der Waals surface area contributed by atoms with Gasteiger partial charge in [0, 0.05) is 12.2 Å². The Morgan fingerprint density at radius 2 is 1.90 bits per heavy atom. The van der Waals surface area contributed by atoms with Crippen molar-refractivity contribution in [3.63, 3.8) is 0 Å². The monoisotopic (exact) mass is 290 g/mol. The molecule has 5 heteroatoms. The maximum absolute atomic E-state index is 12.1. The van der Waals surface area contributed by atoms with Crippen LogP contribution in [0.25, 0.3) is 0 Å². The maximum atomic E-state index is 12.1. The topological polar surface area (TPSA) is 67.4 Å². The summed E-state index contributed by atoms with van der Waals surface area (Å²) in [4.78, 5) is 23.9. The summed E-state index contributed by atoms with van der Waals surface area (Å²) in [5.41, 5.74) is 1.18. The lowest BCUT2D eigenvalue weighted by molar-refractivity contribution is -0.120. The number of hydrogen-bond donors (Lipinski definition) is 2. The molecule has 0 radical (unpaired) electrons. The average molecular weight is 290 g/mol. The molecule has 2 atom stereocenters. The predicted molar refractivity (Wildman–Crippen MR) is 81.1 cm³/mol. The summed E-state index contributed by atoms with van der Waals surface area (Å²) >= 11 is 0. The van der Waals surface area contributed by atoms with Gasteiger partial charge in [0.1, 0.15) is 0 Å². The van der Waals surface area contributed by atoms with E-state index in [1.807, 2.05) is 13.8 Å². The molecule has 1 fully saturated rings. The van der Waals surface area contributed by atoms with Gasteiger partial charge in [0.15, 0.2) is 0 Å². The van der Waals surface area contributed by atoms with Gasteiger partial charge in [-0.15, -0.1) is 0 Å². The van der Waals surface area contributed by atoms with Crippen LogP contribution in [0.15, 0.2) is 24.3 Å². The lowest BCUT2D eigenvalue weighted by Crippen LogP contribution is -2.27. The lowest BCUT2D eigenvalue weighted by atomic mass is 9.97. The molecule has 1 aromatic rings. The lowest BCUT2D eigenvalue weighted by Gasteiger charge is -2.14. The van der Waals surface area contributed by atoms with E-state index < -0.39 is 0 Å². The van der Waals surface area contributed by atoms with Gasteiger partial charge in [-0.25, -0.2) is 4.79 Å². The van der Waals surface area contributed by atoms with E-state index in [9.17, 15) is 9.59 Å². The molecule has 114 valence electrons. The van der Waals surface area contributed by atoms with Gasteiger partial charge in [-0.3, -0.25) is 4.79 Å². The van der Waals surface area contributed by atoms with Crippen molar-refractivity contribution in [1.82, 2.24) is 5.32 Å². The third kappa shape index (κ3) is 4.04. The number of anilines is 1. The molecule has 0 aromatic heterocycles. The van der Waals surface area contributed by atoms with Crippen molar-refractivity contribution in [2.45, 2.75) is 26.9 Å². The highest BCUT2D eigenvalue weighted by atomic mass is 16.5. The number of rotatable bonds is 4. The summed E-state index contributed by atoms with van der Waals surface area (Å²) in [6.45, 7) is 7.27. The number of ether oxygens (including phenoxy) is 1. The van der Waals surface area contributed by atoms with Gasteiger partial charge in [-0.2, -0.15) is 0 Å². The number of nitrogens with one attached hydrogen (secondary N) is 2. The van der Waals surface area contributed by atoms with Gasteiger partial charge in [0.05, 0.1) is 17.6 Å².